The van der Waals surface area contributed by atoms with Crippen LogP contribution in [0.1, 0.15) is 18.4 Å². The van der Waals surface area contributed by atoms with Gasteiger partial charge in [0.15, 0.2) is 0 Å². The summed E-state index contributed by atoms with van der Waals surface area (Å²) in [6, 6.07) is 31.1. The van der Waals surface area contributed by atoms with E-state index in [9.17, 15) is 4.57 Å². The van der Waals surface area contributed by atoms with E-state index in [1.807, 2.05) is 36.4 Å². The molecular formula is C26H25OP. The Bertz CT molecular complexity index is 980. The molecule has 2 heteroatoms. The molecular weight excluding hydrogens is 359 g/mol. The lowest BCUT2D eigenvalue weighted by atomic mass is 9.93. The molecule has 0 aliphatic heterocycles. The van der Waals surface area contributed by atoms with Crippen molar-refractivity contribution in [1.29, 1.82) is 0 Å². The Morgan fingerprint density at radius 1 is 0.714 bits per heavy atom. The van der Waals surface area contributed by atoms with Gasteiger partial charge in [0.1, 0.15) is 7.14 Å². The Kier molecular flexibility index (Phi) is 4.57. The van der Waals surface area contributed by atoms with Gasteiger partial charge in [0.25, 0.3) is 0 Å². The normalized spacial score (nSPS) is 23.6. The van der Waals surface area contributed by atoms with Crippen LogP contribution in [0.15, 0.2) is 103 Å². The average molecular weight is 384 g/mol. The van der Waals surface area contributed by atoms with Gasteiger partial charge in [-0.2, -0.15) is 0 Å². The zero-order valence-electron chi connectivity index (χ0n) is 15.9. The third kappa shape index (κ3) is 2.90. The molecule has 0 amide bonds. The van der Waals surface area contributed by atoms with Crippen LogP contribution in [-0.4, -0.2) is 5.66 Å². The largest absolute Gasteiger partial charge is 0.313 e. The number of allylic oxidation sites excluding steroid dienone is 2. The van der Waals surface area contributed by atoms with E-state index in [2.05, 4.69) is 60.7 Å². The van der Waals surface area contributed by atoms with E-state index in [1.54, 1.807) is 0 Å². The molecule has 1 fully saturated rings. The van der Waals surface area contributed by atoms with Gasteiger partial charge in [-0.1, -0.05) is 103 Å². The molecule has 2 aliphatic carbocycles. The van der Waals surface area contributed by atoms with Gasteiger partial charge in [-0.05, 0) is 36.7 Å². The molecule has 0 spiro atoms. The summed E-state index contributed by atoms with van der Waals surface area (Å²) >= 11 is 0. The van der Waals surface area contributed by atoms with Gasteiger partial charge in [-0.15, -0.1) is 0 Å². The molecule has 0 radical (unpaired) electrons. The van der Waals surface area contributed by atoms with Gasteiger partial charge in [0, 0.05) is 16.3 Å². The standard InChI is InChI=1S/C26H25OP/c27-28(23-12-6-2-7-13-23,24-14-8-3-9-15-24)26-21-16-17-25(26)22(19-21)18-20-10-4-1-5-11-20/h1-15,19,21,25-26H,16-18H2. The van der Waals surface area contributed by atoms with Crippen molar-refractivity contribution in [2.24, 2.45) is 11.8 Å². The first kappa shape index (κ1) is 17.7. The highest BCUT2D eigenvalue weighted by Gasteiger charge is 2.52. The zero-order valence-corrected chi connectivity index (χ0v) is 16.8. The van der Waals surface area contributed by atoms with Crippen LogP contribution in [0.5, 0.6) is 0 Å². The van der Waals surface area contributed by atoms with Crippen molar-refractivity contribution in [3.63, 3.8) is 0 Å². The van der Waals surface area contributed by atoms with Crippen molar-refractivity contribution in [2.45, 2.75) is 24.9 Å². The minimum absolute atomic E-state index is 0.205. The number of hydrogen-bond acceptors (Lipinski definition) is 1. The number of rotatable bonds is 5. The maximum atomic E-state index is 14.8. The van der Waals surface area contributed by atoms with E-state index in [0.29, 0.717) is 11.8 Å². The van der Waals surface area contributed by atoms with Crippen LogP contribution in [0.3, 0.4) is 0 Å². The van der Waals surface area contributed by atoms with Crippen LogP contribution in [0.4, 0.5) is 0 Å². The van der Waals surface area contributed by atoms with Crippen molar-refractivity contribution < 1.29 is 4.57 Å². The lowest BCUT2D eigenvalue weighted by molar-refractivity contribution is 0.557. The molecule has 3 unspecified atom stereocenters. The second kappa shape index (κ2) is 7.22. The van der Waals surface area contributed by atoms with Crippen LogP contribution in [-0.2, 0) is 11.0 Å². The number of hydrogen-bond donors (Lipinski definition) is 0. The summed E-state index contributed by atoms with van der Waals surface area (Å²) in [7, 11) is -2.72. The van der Waals surface area contributed by atoms with Crippen molar-refractivity contribution in [1.82, 2.24) is 0 Å². The summed E-state index contributed by atoms with van der Waals surface area (Å²) in [6.45, 7) is 0. The first-order valence-corrected chi connectivity index (χ1v) is 12.0. The molecule has 140 valence electrons. The Morgan fingerprint density at radius 2 is 1.25 bits per heavy atom. The maximum Gasteiger partial charge on any atom is 0.147 e. The fourth-order valence-corrected chi connectivity index (χ4v) is 9.17. The predicted molar refractivity (Wildman–Crippen MR) is 118 cm³/mol. The molecule has 0 N–H and O–H groups in total. The fourth-order valence-electron chi connectivity index (χ4n) is 5.33. The Hall–Kier alpha value is -2.37. The number of benzene rings is 3. The molecule has 3 aromatic carbocycles. The molecule has 2 aliphatic rings. The Labute approximate surface area is 167 Å². The van der Waals surface area contributed by atoms with E-state index < -0.39 is 7.14 Å². The van der Waals surface area contributed by atoms with E-state index in [1.165, 1.54) is 11.1 Å². The first-order chi connectivity index (χ1) is 13.8. The summed E-state index contributed by atoms with van der Waals surface area (Å²) < 4.78 is 14.8. The summed E-state index contributed by atoms with van der Waals surface area (Å²) in [5.41, 5.74) is 3.06. The lowest BCUT2D eigenvalue weighted by Gasteiger charge is -2.30. The second-order valence-corrected chi connectivity index (χ2v) is 11.0. The molecule has 3 atom stereocenters. The smallest absolute Gasteiger partial charge is 0.147 e. The zero-order chi connectivity index (χ0) is 19.0. The third-order valence-electron chi connectivity index (χ3n) is 6.52. The Morgan fingerprint density at radius 3 is 1.82 bits per heavy atom. The van der Waals surface area contributed by atoms with Crippen LogP contribution < -0.4 is 10.6 Å². The second-order valence-electron chi connectivity index (χ2n) is 8.07. The summed E-state index contributed by atoms with van der Waals surface area (Å²) in [5, 5.41) is 2.02. The highest BCUT2D eigenvalue weighted by molar-refractivity contribution is 7.79. The Balaban J connectivity index is 1.56. The SMILES string of the molecule is O=P(c1ccccc1)(c1ccccc1)C1C2C=C(Cc3ccccc3)C1CC2. The van der Waals surface area contributed by atoms with E-state index in [-0.39, 0.29) is 5.66 Å². The van der Waals surface area contributed by atoms with E-state index in [4.69, 9.17) is 0 Å². The lowest BCUT2D eigenvalue weighted by Crippen LogP contribution is -2.30. The summed E-state index contributed by atoms with van der Waals surface area (Å²) in [4.78, 5) is 0. The molecule has 1 nitrogen and oxygen atoms in total. The van der Waals surface area contributed by atoms with Crippen LogP contribution in [0.2, 0.25) is 0 Å². The summed E-state index contributed by atoms with van der Waals surface area (Å²) in [5.74, 6) is 0.853. The topological polar surface area (TPSA) is 17.1 Å². The number of fused-ring (bicyclic) bond motifs is 2. The van der Waals surface area contributed by atoms with Crippen LogP contribution >= 0.6 is 7.14 Å². The van der Waals surface area contributed by atoms with Gasteiger partial charge in [-0.25, -0.2) is 0 Å². The molecule has 0 saturated heterocycles. The fraction of sp³-hybridized carbons (Fsp3) is 0.231. The quantitative estimate of drug-likeness (QED) is 0.415. The van der Waals surface area contributed by atoms with Gasteiger partial charge in [-0.3, -0.25) is 0 Å². The first-order valence-electron chi connectivity index (χ1n) is 10.2. The third-order valence-corrected chi connectivity index (χ3v) is 10.2. The highest BCUT2D eigenvalue weighted by atomic mass is 31.2. The minimum atomic E-state index is -2.72. The molecule has 5 rings (SSSR count). The summed E-state index contributed by atoms with van der Waals surface area (Å²) in [6.07, 6.45) is 5.78. The molecule has 0 aromatic heterocycles. The van der Waals surface area contributed by atoms with Gasteiger partial charge >= 0.3 is 0 Å². The van der Waals surface area contributed by atoms with Crippen molar-refractivity contribution in [3.8, 4) is 0 Å². The molecule has 0 heterocycles. The van der Waals surface area contributed by atoms with Gasteiger partial charge < -0.3 is 4.57 Å². The molecule has 3 aromatic rings. The monoisotopic (exact) mass is 384 g/mol. The van der Waals surface area contributed by atoms with E-state index >= 15 is 0 Å². The maximum absolute atomic E-state index is 14.8. The van der Waals surface area contributed by atoms with Gasteiger partial charge in [0.2, 0.25) is 0 Å². The average Bonchev–Trinajstić information content (AvgIpc) is 3.33. The highest BCUT2D eigenvalue weighted by Crippen LogP contribution is 2.63. The van der Waals surface area contributed by atoms with Crippen molar-refractivity contribution in [3.05, 3.63) is 108 Å². The van der Waals surface area contributed by atoms with Crippen LogP contribution in [0, 0.1) is 11.8 Å². The molecule has 1 saturated carbocycles. The minimum Gasteiger partial charge on any atom is -0.313 e. The predicted octanol–water partition coefficient (Wildman–Crippen LogP) is 5.58. The van der Waals surface area contributed by atoms with Gasteiger partial charge in [0.05, 0.1) is 0 Å². The van der Waals surface area contributed by atoms with Crippen molar-refractivity contribution >= 4 is 17.8 Å². The molecule has 2 bridgehead atoms. The van der Waals surface area contributed by atoms with Crippen molar-refractivity contribution in [2.75, 3.05) is 0 Å². The van der Waals surface area contributed by atoms with E-state index in [0.717, 1.165) is 29.9 Å². The van der Waals surface area contributed by atoms with Crippen LogP contribution in [0.25, 0.3) is 0 Å². The molecule has 28 heavy (non-hydrogen) atoms.